The third kappa shape index (κ3) is 3.31. The highest BCUT2D eigenvalue weighted by Crippen LogP contribution is 2.32. The van der Waals surface area contributed by atoms with Crippen molar-refractivity contribution < 1.29 is 9.18 Å². The molecule has 5 rings (SSSR count). The number of halogens is 1. The molecule has 0 spiro atoms. The van der Waals surface area contributed by atoms with Gasteiger partial charge in [-0.2, -0.15) is 5.10 Å². The van der Waals surface area contributed by atoms with E-state index in [4.69, 9.17) is 4.98 Å². The van der Waals surface area contributed by atoms with E-state index in [0.717, 1.165) is 46.5 Å². The van der Waals surface area contributed by atoms with Gasteiger partial charge in [-0.05, 0) is 60.9 Å². The van der Waals surface area contributed by atoms with Crippen molar-refractivity contribution in [2.45, 2.75) is 31.6 Å². The molecule has 1 unspecified atom stereocenters. The maximum absolute atomic E-state index is 13.3. The van der Waals surface area contributed by atoms with E-state index in [9.17, 15) is 9.18 Å². The third-order valence-electron chi connectivity index (χ3n) is 5.47. The first-order valence-corrected chi connectivity index (χ1v) is 9.75. The van der Waals surface area contributed by atoms with Gasteiger partial charge in [0.15, 0.2) is 5.65 Å². The number of aromatic nitrogens is 4. The monoisotopic (exact) mass is 386 g/mol. The molecule has 6 heteroatoms. The number of pyridine rings is 2. The Balaban J connectivity index is 1.60. The van der Waals surface area contributed by atoms with Crippen LogP contribution >= 0.6 is 0 Å². The first-order valence-electron chi connectivity index (χ1n) is 9.75. The van der Waals surface area contributed by atoms with Gasteiger partial charge in [0.25, 0.3) is 0 Å². The van der Waals surface area contributed by atoms with Gasteiger partial charge in [-0.3, -0.25) is 9.78 Å². The summed E-state index contributed by atoms with van der Waals surface area (Å²) in [4.78, 5) is 22.2. The summed E-state index contributed by atoms with van der Waals surface area (Å²) in [6.45, 7) is 0. The fraction of sp³-hybridized carbons (Fsp3) is 0.217. The molecule has 0 bridgehead atoms. The highest BCUT2D eigenvalue weighted by Gasteiger charge is 2.28. The van der Waals surface area contributed by atoms with Crippen LogP contribution in [0.5, 0.6) is 0 Å². The molecule has 0 saturated carbocycles. The predicted molar refractivity (Wildman–Crippen MR) is 107 cm³/mol. The third-order valence-corrected chi connectivity index (χ3v) is 5.47. The predicted octanol–water partition coefficient (Wildman–Crippen LogP) is 4.19. The number of rotatable bonds is 3. The Morgan fingerprint density at radius 1 is 1.10 bits per heavy atom. The Morgan fingerprint density at radius 2 is 1.97 bits per heavy atom. The van der Waals surface area contributed by atoms with E-state index in [0.29, 0.717) is 12.8 Å². The van der Waals surface area contributed by atoms with E-state index >= 15 is 0 Å². The zero-order valence-electron chi connectivity index (χ0n) is 15.8. The second-order valence-corrected chi connectivity index (χ2v) is 7.37. The van der Waals surface area contributed by atoms with Crippen molar-refractivity contribution in [3.05, 3.63) is 83.7 Å². The summed E-state index contributed by atoms with van der Waals surface area (Å²) >= 11 is 0. The van der Waals surface area contributed by atoms with Gasteiger partial charge < -0.3 is 0 Å². The number of ketones is 1. The first kappa shape index (κ1) is 17.7. The first-order chi connectivity index (χ1) is 14.2. The zero-order valence-corrected chi connectivity index (χ0v) is 15.8. The zero-order chi connectivity index (χ0) is 19.8. The Kier molecular flexibility index (Phi) is 4.39. The van der Waals surface area contributed by atoms with Crippen LogP contribution in [0, 0.1) is 5.82 Å². The van der Waals surface area contributed by atoms with Crippen LogP contribution in [0.2, 0.25) is 0 Å². The SMILES string of the molecule is O=C1CCCc2nc3c(cnn3-c3ccc(F)cc3)cc2C1Cc1ccccn1. The normalized spacial score (nSPS) is 16.6. The number of nitrogens with zero attached hydrogens (tertiary/aromatic N) is 4. The summed E-state index contributed by atoms with van der Waals surface area (Å²) in [5.41, 5.74) is 4.29. The molecule has 0 radical (unpaired) electrons. The second-order valence-electron chi connectivity index (χ2n) is 7.37. The number of benzene rings is 1. The van der Waals surface area contributed by atoms with Gasteiger partial charge in [-0.15, -0.1) is 0 Å². The van der Waals surface area contributed by atoms with Gasteiger partial charge in [0.05, 0.1) is 17.8 Å². The number of fused-ring (bicyclic) bond motifs is 2. The molecule has 5 nitrogen and oxygen atoms in total. The average Bonchev–Trinajstić information content (AvgIpc) is 3.09. The fourth-order valence-electron chi connectivity index (χ4n) is 4.01. The van der Waals surface area contributed by atoms with E-state index in [2.05, 4.69) is 10.1 Å². The molecule has 1 aliphatic carbocycles. The van der Waals surface area contributed by atoms with Crippen molar-refractivity contribution in [3.63, 3.8) is 0 Å². The lowest BCUT2D eigenvalue weighted by atomic mass is 9.89. The summed E-state index contributed by atoms with van der Waals surface area (Å²) in [7, 11) is 0. The molecule has 0 N–H and O–H groups in total. The molecule has 3 aromatic heterocycles. The van der Waals surface area contributed by atoms with Crippen molar-refractivity contribution in [1.29, 1.82) is 0 Å². The van der Waals surface area contributed by atoms with Crippen molar-refractivity contribution in [3.8, 4) is 5.69 Å². The largest absolute Gasteiger partial charge is 0.299 e. The minimum Gasteiger partial charge on any atom is -0.299 e. The van der Waals surface area contributed by atoms with E-state index < -0.39 is 0 Å². The van der Waals surface area contributed by atoms with Gasteiger partial charge in [0.2, 0.25) is 0 Å². The highest BCUT2D eigenvalue weighted by molar-refractivity contribution is 5.88. The lowest BCUT2D eigenvalue weighted by molar-refractivity contribution is -0.120. The molecule has 0 fully saturated rings. The van der Waals surface area contributed by atoms with Crippen molar-refractivity contribution in [2.75, 3.05) is 0 Å². The number of carbonyl (C=O) groups excluding carboxylic acids is 1. The molecule has 144 valence electrons. The van der Waals surface area contributed by atoms with Crippen LogP contribution in [0.1, 0.15) is 35.7 Å². The Hall–Kier alpha value is -3.41. The summed E-state index contributed by atoms with van der Waals surface area (Å²) < 4.78 is 15.0. The lowest BCUT2D eigenvalue weighted by Gasteiger charge is -2.16. The maximum Gasteiger partial charge on any atom is 0.163 e. The summed E-state index contributed by atoms with van der Waals surface area (Å²) in [5.74, 6) is -0.294. The topological polar surface area (TPSA) is 60.7 Å². The Labute approximate surface area is 167 Å². The molecular formula is C23H19FN4O. The summed E-state index contributed by atoms with van der Waals surface area (Å²) in [5, 5.41) is 5.32. The standard InChI is InChI=1S/C23H19FN4O/c24-16-7-9-18(10-8-16)28-23-15(14-26-28)12-19-20(13-17-4-1-2-11-25-17)22(29)6-3-5-21(19)27-23/h1-2,4,7-12,14,20H,3,5-6,13H2. The number of Topliss-reactive ketones (excluding diaryl/α,β-unsaturated/α-hetero) is 1. The molecule has 0 amide bonds. The van der Waals surface area contributed by atoms with Gasteiger partial charge >= 0.3 is 0 Å². The maximum atomic E-state index is 13.3. The van der Waals surface area contributed by atoms with Crippen molar-refractivity contribution in [2.24, 2.45) is 0 Å². The molecule has 29 heavy (non-hydrogen) atoms. The second kappa shape index (κ2) is 7.20. The molecule has 1 atom stereocenters. The minimum absolute atomic E-state index is 0.237. The summed E-state index contributed by atoms with van der Waals surface area (Å²) in [6.07, 6.45) is 6.17. The molecule has 1 aromatic carbocycles. The van der Waals surface area contributed by atoms with Crippen LogP contribution in [0.4, 0.5) is 4.39 Å². The number of aryl methyl sites for hydroxylation is 1. The smallest absolute Gasteiger partial charge is 0.163 e. The van der Waals surface area contributed by atoms with Gasteiger partial charge in [-0.25, -0.2) is 14.1 Å². The quantitative estimate of drug-likeness (QED) is 0.496. The van der Waals surface area contributed by atoms with E-state index in [-0.39, 0.29) is 17.5 Å². The van der Waals surface area contributed by atoms with Crippen molar-refractivity contribution >= 4 is 16.8 Å². The van der Waals surface area contributed by atoms with Crippen LogP contribution in [-0.4, -0.2) is 25.5 Å². The Bertz CT molecular complexity index is 1180. The number of hydrogen-bond donors (Lipinski definition) is 0. The number of hydrogen-bond acceptors (Lipinski definition) is 4. The van der Waals surface area contributed by atoms with Gasteiger partial charge in [-0.1, -0.05) is 6.07 Å². The van der Waals surface area contributed by atoms with Crippen LogP contribution in [-0.2, 0) is 17.6 Å². The molecule has 0 saturated heterocycles. The summed E-state index contributed by atoms with van der Waals surface area (Å²) in [6, 6.07) is 14.0. The van der Waals surface area contributed by atoms with Crippen LogP contribution < -0.4 is 0 Å². The highest BCUT2D eigenvalue weighted by atomic mass is 19.1. The molecule has 3 heterocycles. The van der Waals surface area contributed by atoms with E-state index in [1.165, 1.54) is 12.1 Å². The Morgan fingerprint density at radius 3 is 2.76 bits per heavy atom. The minimum atomic E-state index is -0.289. The lowest BCUT2D eigenvalue weighted by Crippen LogP contribution is -2.15. The van der Waals surface area contributed by atoms with Crippen LogP contribution in [0.15, 0.2) is 60.9 Å². The average molecular weight is 386 g/mol. The number of carbonyl (C=O) groups is 1. The molecular weight excluding hydrogens is 367 g/mol. The molecule has 1 aliphatic rings. The van der Waals surface area contributed by atoms with Crippen LogP contribution in [0.3, 0.4) is 0 Å². The van der Waals surface area contributed by atoms with E-state index in [1.54, 1.807) is 29.2 Å². The molecule has 0 aliphatic heterocycles. The molecule has 4 aromatic rings. The van der Waals surface area contributed by atoms with E-state index in [1.807, 2.05) is 24.3 Å². The van der Waals surface area contributed by atoms with Crippen molar-refractivity contribution in [1.82, 2.24) is 19.7 Å². The fourth-order valence-corrected chi connectivity index (χ4v) is 4.01. The van der Waals surface area contributed by atoms with Crippen LogP contribution in [0.25, 0.3) is 16.7 Å². The van der Waals surface area contributed by atoms with Gasteiger partial charge in [0, 0.05) is 35.8 Å². The van der Waals surface area contributed by atoms with Gasteiger partial charge in [0.1, 0.15) is 11.6 Å².